The molecule has 17 heavy (non-hydrogen) atoms. The van der Waals surface area contributed by atoms with Crippen molar-refractivity contribution in [3.63, 3.8) is 0 Å². The van der Waals surface area contributed by atoms with Crippen molar-refractivity contribution in [3.8, 4) is 0 Å². The van der Waals surface area contributed by atoms with Crippen LogP contribution >= 0.6 is 11.3 Å². The number of anilines is 1. The maximum absolute atomic E-state index is 11.5. The van der Waals surface area contributed by atoms with Gasteiger partial charge in [-0.3, -0.25) is 0 Å². The second-order valence-corrected chi connectivity index (χ2v) is 6.13. The molecular formula is C12H18N2O2S. The van der Waals surface area contributed by atoms with Crippen LogP contribution in [0.2, 0.25) is 0 Å². The lowest BCUT2D eigenvalue weighted by molar-refractivity contribution is -0.142. The highest BCUT2D eigenvalue weighted by atomic mass is 32.1. The number of carbonyl (C=O) groups is 1. The van der Waals surface area contributed by atoms with Gasteiger partial charge in [0.1, 0.15) is 6.04 Å². The molecular weight excluding hydrogens is 236 g/mol. The average Bonchev–Trinajstić information content (AvgIpc) is 2.62. The van der Waals surface area contributed by atoms with Crippen LogP contribution in [-0.4, -0.2) is 28.6 Å². The summed E-state index contributed by atoms with van der Waals surface area (Å²) in [6, 6.07) is -0.471. The van der Waals surface area contributed by atoms with Gasteiger partial charge in [0.2, 0.25) is 0 Å². The molecule has 0 aliphatic carbocycles. The molecule has 1 aliphatic rings. The van der Waals surface area contributed by atoms with Crippen LogP contribution in [0.5, 0.6) is 0 Å². The molecule has 1 atom stereocenters. The van der Waals surface area contributed by atoms with E-state index in [0.29, 0.717) is 0 Å². The highest BCUT2D eigenvalue weighted by Gasteiger charge is 2.43. The molecule has 94 valence electrons. The van der Waals surface area contributed by atoms with E-state index in [4.69, 9.17) is 0 Å². The normalized spacial score (nSPS) is 23.7. The Hall–Kier alpha value is -1.10. The number of aryl methyl sites for hydroxylation is 1. The second kappa shape index (κ2) is 4.29. The molecule has 1 fully saturated rings. The minimum atomic E-state index is -0.748. The fourth-order valence-electron chi connectivity index (χ4n) is 2.54. The zero-order chi connectivity index (χ0) is 12.6. The number of aliphatic carboxylic acids is 1. The molecule has 0 spiro atoms. The minimum absolute atomic E-state index is 0.205. The van der Waals surface area contributed by atoms with Gasteiger partial charge in [0, 0.05) is 11.9 Å². The van der Waals surface area contributed by atoms with Crippen LogP contribution in [-0.2, 0) is 4.79 Å². The van der Waals surface area contributed by atoms with Gasteiger partial charge in [0.25, 0.3) is 0 Å². The summed E-state index contributed by atoms with van der Waals surface area (Å²) in [5.41, 5.74) is 0.751. The van der Waals surface area contributed by atoms with E-state index in [1.165, 1.54) is 11.3 Å². The molecule has 0 bridgehead atoms. The van der Waals surface area contributed by atoms with Crippen molar-refractivity contribution in [2.45, 2.75) is 39.7 Å². The van der Waals surface area contributed by atoms with Crippen LogP contribution in [0.4, 0.5) is 5.13 Å². The Labute approximate surface area is 105 Å². The van der Waals surface area contributed by atoms with E-state index in [1.54, 1.807) is 0 Å². The van der Waals surface area contributed by atoms with Crippen LogP contribution in [0.3, 0.4) is 0 Å². The number of rotatable bonds is 2. The summed E-state index contributed by atoms with van der Waals surface area (Å²) in [5.74, 6) is -0.748. The van der Waals surface area contributed by atoms with Gasteiger partial charge in [-0.25, -0.2) is 9.78 Å². The highest BCUT2D eigenvalue weighted by molar-refractivity contribution is 7.13. The highest BCUT2D eigenvalue weighted by Crippen LogP contribution is 2.38. The first-order valence-electron chi connectivity index (χ1n) is 5.83. The Morgan fingerprint density at radius 3 is 2.88 bits per heavy atom. The summed E-state index contributed by atoms with van der Waals surface area (Å²) < 4.78 is 0. The molecule has 2 rings (SSSR count). The van der Waals surface area contributed by atoms with E-state index >= 15 is 0 Å². The quantitative estimate of drug-likeness (QED) is 0.881. The molecule has 1 saturated heterocycles. The summed E-state index contributed by atoms with van der Waals surface area (Å²) in [7, 11) is 0. The second-order valence-electron chi connectivity index (χ2n) is 5.30. The number of aromatic nitrogens is 1. The molecule has 1 aromatic heterocycles. The molecule has 0 radical (unpaired) electrons. The van der Waals surface area contributed by atoms with Gasteiger partial charge in [-0.1, -0.05) is 13.8 Å². The molecule has 0 aromatic carbocycles. The average molecular weight is 254 g/mol. The van der Waals surface area contributed by atoms with Crippen molar-refractivity contribution in [1.29, 1.82) is 0 Å². The lowest BCUT2D eigenvalue weighted by atomic mass is 9.76. The first kappa shape index (κ1) is 12.4. The molecule has 1 aliphatic heterocycles. The zero-order valence-electron chi connectivity index (χ0n) is 10.4. The van der Waals surface area contributed by atoms with Crippen molar-refractivity contribution in [1.82, 2.24) is 4.98 Å². The largest absolute Gasteiger partial charge is 0.480 e. The fraction of sp³-hybridized carbons (Fsp3) is 0.667. The third-order valence-electron chi connectivity index (χ3n) is 3.36. The Morgan fingerprint density at radius 2 is 2.35 bits per heavy atom. The Bertz CT molecular complexity index is 428. The van der Waals surface area contributed by atoms with Crippen molar-refractivity contribution >= 4 is 22.4 Å². The summed E-state index contributed by atoms with van der Waals surface area (Å²) in [6.07, 6.45) is 1.97. The Kier molecular flexibility index (Phi) is 3.12. The zero-order valence-corrected chi connectivity index (χ0v) is 11.3. The van der Waals surface area contributed by atoms with E-state index in [1.807, 2.05) is 31.1 Å². The molecule has 0 amide bonds. The summed E-state index contributed by atoms with van der Waals surface area (Å²) in [5, 5.41) is 12.3. The number of carboxylic acids is 1. The third kappa shape index (κ3) is 2.29. The molecule has 2 heterocycles. The van der Waals surface area contributed by atoms with Crippen LogP contribution < -0.4 is 4.90 Å². The minimum Gasteiger partial charge on any atom is -0.480 e. The standard InChI is InChI=1S/C12H18N2O2S/c1-8-7-17-11(13-8)14-6-4-5-12(2,3)9(14)10(15)16/h7,9H,4-6H2,1-3H3,(H,15,16). The predicted molar refractivity (Wildman–Crippen MR) is 68.6 cm³/mol. The van der Waals surface area contributed by atoms with Gasteiger partial charge < -0.3 is 10.0 Å². The molecule has 1 N–H and O–H groups in total. The lowest BCUT2D eigenvalue weighted by Crippen LogP contribution is -2.54. The van der Waals surface area contributed by atoms with Crippen molar-refractivity contribution in [2.24, 2.45) is 5.41 Å². The van der Waals surface area contributed by atoms with E-state index < -0.39 is 12.0 Å². The number of nitrogens with zero attached hydrogens (tertiary/aromatic N) is 2. The molecule has 1 unspecified atom stereocenters. The number of hydrogen-bond donors (Lipinski definition) is 1. The molecule has 1 aromatic rings. The third-order valence-corrected chi connectivity index (χ3v) is 4.35. The number of hydrogen-bond acceptors (Lipinski definition) is 4. The van der Waals surface area contributed by atoms with Crippen molar-refractivity contribution in [3.05, 3.63) is 11.1 Å². The van der Waals surface area contributed by atoms with Crippen molar-refractivity contribution < 1.29 is 9.90 Å². The van der Waals surface area contributed by atoms with Gasteiger partial charge >= 0.3 is 5.97 Å². The molecule has 5 heteroatoms. The van der Waals surface area contributed by atoms with Gasteiger partial charge in [-0.15, -0.1) is 11.3 Å². The van der Waals surface area contributed by atoms with Crippen LogP contribution in [0.1, 0.15) is 32.4 Å². The topological polar surface area (TPSA) is 53.4 Å². The van der Waals surface area contributed by atoms with Gasteiger partial charge in [-0.05, 0) is 25.2 Å². The maximum Gasteiger partial charge on any atom is 0.326 e. The van der Waals surface area contributed by atoms with Gasteiger partial charge in [0.15, 0.2) is 5.13 Å². The Balaban J connectivity index is 2.34. The number of piperidine rings is 1. The predicted octanol–water partition coefficient (Wildman–Crippen LogP) is 2.53. The van der Waals surface area contributed by atoms with Gasteiger partial charge in [0.05, 0.1) is 5.69 Å². The SMILES string of the molecule is Cc1csc(N2CCCC(C)(C)C2C(=O)O)n1. The summed E-state index contributed by atoms with van der Waals surface area (Å²) in [6.45, 7) is 6.77. The number of thiazole rings is 1. The van der Waals surface area contributed by atoms with E-state index in [2.05, 4.69) is 4.98 Å². The van der Waals surface area contributed by atoms with Crippen LogP contribution in [0.25, 0.3) is 0 Å². The summed E-state index contributed by atoms with van der Waals surface area (Å²) in [4.78, 5) is 17.9. The monoisotopic (exact) mass is 254 g/mol. The van der Waals surface area contributed by atoms with E-state index in [0.717, 1.165) is 30.2 Å². The number of carboxylic acid groups (broad SMARTS) is 1. The summed E-state index contributed by atoms with van der Waals surface area (Å²) >= 11 is 1.53. The van der Waals surface area contributed by atoms with Crippen LogP contribution in [0.15, 0.2) is 5.38 Å². The van der Waals surface area contributed by atoms with Crippen molar-refractivity contribution in [2.75, 3.05) is 11.4 Å². The first-order chi connectivity index (χ1) is 7.92. The molecule has 4 nitrogen and oxygen atoms in total. The molecule has 0 saturated carbocycles. The van der Waals surface area contributed by atoms with Crippen LogP contribution in [0, 0.1) is 12.3 Å². The van der Waals surface area contributed by atoms with E-state index in [-0.39, 0.29) is 5.41 Å². The van der Waals surface area contributed by atoms with Gasteiger partial charge in [-0.2, -0.15) is 0 Å². The lowest BCUT2D eigenvalue weighted by Gasteiger charge is -2.43. The Morgan fingerprint density at radius 1 is 1.65 bits per heavy atom. The fourth-order valence-corrected chi connectivity index (χ4v) is 3.40. The maximum atomic E-state index is 11.5. The smallest absolute Gasteiger partial charge is 0.326 e. The van der Waals surface area contributed by atoms with E-state index in [9.17, 15) is 9.90 Å². The first-order valence-corrected chi connectivity index (χ1v) is 6.71.